The van der Waals surface area contributed by atoms with Gasteiger partial charge in [0, 0.05) is 31.8 Å². The average Bonchev–Trinajstić information content (AvgIpc) is 3.54. The van der Waals surface area contributed by atoms with Crippen molar-refractivity contribution in [1.82, 2.24) is 15.6 Å². The van der Waals surface area contributed by atoms with Crippen LogP contribution in [0.5, 0.6) is 0 Å². The number of halogens is 2. The lowest BCUT2D eigenvalue weighted by Gasteiger charge is -2.28. The lowest BCUT2D eigenvalue weighted by atomic mass is 9.97. The van der Waals surface area contributed by atoms with Crippen molar-refractivity contribution in [2.45, 2.75) is 71.3 Å². The van der Waals surface area contributed by atoms with E-state index in [0.717, 1.165) is 47.4 Å². The van der Waals surface area contributed by atoms with E-state index in [1.165, 1.54) is 6.07 Å². The maximum absolute atomic E-state index is 13.6. The van der Waals surface area contributed by atoms with Crippen LogP contribution in [0.15, 0.2) is 52.2 Å². The summed E-state index contributed by atoms with van der Waals surface area (Å²) in [5.41, 5.74) is 4.81. The van der Waals surface area contributed by atoms with Gasteiger partial charge >= 0.3 is 5.97 Å². The summed E-state index contributed by atoms with van der Waals surface area (Å²) in [6.07, 6.45) is 5.43. The summed E-state index contributed by atoms with van der Waals surface area (Å²) in [5, 5.41) is 12.2. The van der Waals surface area contributed by atoms with Crippen LogP contribution in [0.3, 0.4) is 0 Å². The Bertz CT molecular complexity index is 1440. The molecule has 0 spiro atoms. The summed E-state index contributed by atoms with van der Waals surface area (Å²) >= 11 is 0. The number of aliphatic imine (C=N–C) groups is 1. The third-order valence-electron chi connectivity index (χ3n) is 7.18. The Morgan fingerprint density at radius 3 is 2.67 bits per heavy atom. The van der Waals surface area contributed by atoms with Gasteiger partial charge in [-0.1, -0.05) is 12.1 Å². The highest BCUT2D eigenvalue weighted by molar-refractivity contribution is 6.06. The minimum absolute atomic E-state index is 0.0454. The molecule has 2 aromatic carbocycles. The minimum atomic E-state index is -0.960. The third-order valence-corrected chi connectivity index (χ3v) is 7.18. The molecule has 2 N–H and O–H groups in total. The van der Waals surface area contributed by atoms with Crippen LogP contribution in [0.4, 0.5) is 8.78 Å². The van der Waals surface area contributed by atoms with E-state index in [1.54, 1.807) is 17.3 Å². The molecule has 1 amide bonds. The van der Waals surface area contributed by atoms with Crippen LogP contribution in [0, 0.1) is 18.6 Å². The Kier molecular flexibility index (Phi) is 7.55. The molecule has 10 heteroatoms. The second-order valence-corrected chi connectivity index (χ2v) is 11.2. The molecule has 3 aliphatic rings. The van der Waals surface area contributed by atoms with E-state index in [9.17, 15) is 18.4 Å². The zero-order chi connectivity index (χ0) is 28.6. The van der Waals surface area contributed by atoms with Crippen molar-refractivity contribution in [3.8, 4) is 0 Å². The molecule has 8 nitrogen and oxygen atoms in total. The highest BCUT2D eigenvalue weighted by atomic mass is 19.2. The number of fused-ring (bicyclic) bond motifs is 2. The van der Waals surface area contributed by atoms with Crippen LogP contribution in [-0.2, 0) is 22.5 Å². The molecule has 0 radical (unpaired) electrons. The molecule has 2 aliphatic heterocycles. The first-order valence-corrected chi connectivity index (χ1v) is 13.4. The van der Waals surface area contributed by atoms with Crippen molar-refractivity contribution in [3.63, 3.8) is 0 Å². The molecule has 2 heterocycles. The largest absolute Gasteiger partial charge is 0.456 e. The van der Waals surface area contributed by atoms with Crippen molar-refractivity contribution >= 4 is 23.8 Å². The fourth-order valence-corrected chi connectivity index (χ4v) is 5.25. The van der Waals surface area contributed by atoms with Crippen LogP contribution in [0.25, 0.3) is 0 Å². The van der Waals surface area contributed by atoms with Gasteiger partial charge in [-0.15, -0.1) is 0 Å². The SMILES string of the molecule is Cc1c(C(=O)OC(C)(C)C)ccc2c1CC[C@@H]2NCC1=NC2CC=NN2C(C(=O)NCc2ccc(F)c(F)c2)=C1. The van der Waals surface area contributed by atoms with Crippen LogP contribution in [0.1, 0.15) is 72.3 Å². The molecule has 1 aliphatic carbocycles. The topological polar surface area (TPSA) is 95.4 Å². The van der Waals surface area contributed by atoms with Crippen molar-refractivity contribution < 1.29 is 23.1 Å². The van der Waals surface area contributed by atoms with Gasteiger partial charge < -0.3 is 15.4 Å². The highest BCUT2D eigenvalue weighted by Gasteiger charge is 2.32. The van der Waals surface area contributed by atoms with Gasteiger partial charge in [0.15, 0.2) is 11.6 Å². The van der Waals surface area contributed by atoms with Crippen molar-refractivity contribution in [2.75, 3.05) is 6.54 Å². The molecular weight excluding hydrogens is 516 g/mol. The van der Waals surface area contributed by atoms with E-state index in [0.29, 0.717) is 29.8 Å². The normalized spacial score (nSPS) is 19.6. The first kappa shape index (κ1) is 27.6. The van der Waals surface area contributed by atoms with Gasteiger partial charge in [-0.3, -0.25) is 9.79 Å². The molecule has 0 fully saturated rings. The molecule has 2 atom stereocenters. The minimum Gasteiger partial charge on any atom is -0.456 e. The predicted octanol–water partition coefficient (Wildman–Crippen LogP) is 4.48. The molecule has 0 saturated heterocycles. The molecule has 210 valence electrons. The first-order valence-electron chi connectivity index (χ1n) is 13.4. The van der Waals surface area contributed by atoms with Crippen molar-refractivity contribution in [3.05, 3.63) is 81.6 Å². The number of hydrazone groups is 1. The second-order valence-electron chi connectivity index (χ2n) is 11.2. The lowest BCUT2D eigenvalue weighted by Crippen LogP contribution is -2.40. The Morgan fingerprint density at radius 1 is 1.12 bits per heavy atom. The molecular formula is C30H33F2N5O3. The van der Waals surface area contributed by atoms with Gasteiger partial charge in [0.25, 0.3) is 5.91 Å². The number of hydrogen-bond acceptors (Lipinski definition) is 7. The molecule has 1 unspecified atom stereocenters. The van der Waals surface area contributed by atoms with E-state index in [2.05, 4.69) is 15.7 Å². The number of carbonyl (C=O) groups is 2. The predicted molar refractivity (Wildman–Crippen MR) is 148 cm³/mol. The van der Waals surface area contributed by atoms with E-state index < -0.39 is 17.2 Å². The average molecular weight is 550 g/mol. The standard InChI is InChI=1S/C30H33F2N5O3/c1-17-20-8-10-25(22(20)7-6-21(17)29(39)40-30(2,3)4)33-16-19-14-26(37-27(36-19)11-12-35-37)28(38)34-15-18-5-9-23(31)24(32)13-18/h5-7,9,12-14,25,27,33H,8,10-11,15-16H2,1-4H3,(H,34,38)/t25-,27?/m0/s1. The summed E-state index contributed by atoms with van der Waals surface area (Å²) in [6, 6.07) is 7.45. The van der Waals surface area contributed by atoms with Crippen LogP contribution in [-0.4, -0.2) is 47.1 Å². The van der Waals surface area contributed by atoms with E-state index in [1.807, 2.05) is 39.8 Å². The fourth-order valence-electron chi connectivity index (χ4n) is 5.25. The number of ether oxygens (including phenoxy) is 1. The Morgan fingerprint density at radius 2 is 1.93 bits per heavy atom. The zero-order valence-corrected chi connectivity index (χ0v) is 23.1. The highest BCUT2D eigenvalue weighted by Crippen LogP contribution is 2.35. The molecule has 2 aromatic rings. The van der Waals surface area contributed by atoms with Crippen LogP contribution < -0.4 is 10.6 Å². The summed E-state index contributed by atoms with van der Waals surface area (Å²) in [6.45, 7) is 8.03. The number of nitrogens with one attached hydrogen (secondary N) is 2. The summed E-state index contributed by atoms with van der Waals surface area (Å²) in [4.78, 5) is 30.5. The number of hydrogen-bond donors (Lipinski definition) is 2. The van der Waals surface area contributed by atoms with Gasteiger partial charge in [-0.2, -0.15) is 5.10 Å². The number of esters is 1. The Hall–Kier alpha value is -3.92. The van der Waals surface area contributed by atoms with E-state index in [-0.39, 0.29) is 30.6 Å². The summed E-state index contributed by atoms with van der Waals surface area (Å²) in [5.74, 6) is -2.59. The number of rotatable bonds is 7. The van der Waals surface area contributed by atoms with E-state index in [4.69, 9.17) is 9.73 Å². The van der Waals surface area contributed by atoms with Crippen LogP contribution in [0.2, 0.25) is 0 Å². The fraction of sp³-hybridized carbons (Fsp3) is 0.400. The van der Waals surface area contributed by atoms with E-state index >= 15 is 0 Å². The lowest BCUT2D eigenvalue weighted by molar-refractivity contribution is -0.119. The van der Waals surface area contributed by atoms with Crippen molar-refractivity contribution in [1.29, 1.82) is 0 Å². The number of benzene rings is 2. The number of carbonyl (C=O) groups excluding carboxylic acids is 2. The summed E-state index contributed by atoms with van der Waals surface area (Å²) in [7, 11) is 0. The van der Waals surface area contributed by atoms with Gasteiger partial charge in [0.2, 0.25) is 0 Å². The number of nitrogens with zero attached hydrogens (tertiary/aromatic N) is 3. The third kappa shape index (κ3) is 5.82. The van der Waals surface area contributed by atoms with Gasteiger partial charge in [0.05, 0.1) is 11.3 Å². The smallest absolute Gasteiger partial charge is 0.338 e. The summed E-state index contributed by atoms with van der Waals surface area (Å²) < 4.78 is 32.4. The second kappa shape index (κ2) is 10.9. The maximum Gasteiger partial charge on any atom is 0.338 e. The molecule has 0 saturated carbocycles. The van der Waals surface area contributed by atoms with Crippen LogP contribution >= 0.6 is 0 Å². The first-order chi connectivity index (χ1) is 19.0. The molecule has 0 aromatic heterocycles. The quantitative estimate of drug-likeness (QED) is 0.497. The number of amides is 1. The Balaban J connectivity index is 1.26. The zero-order valence-electron chi connectivity index (χ0n) is 23.1. The van der Waals surface area contributed by atoms with Gasteiger partial charge in [-0.25, -0.2) is 18.6 Å². The molecule has 0 bridgehead atoms. The molecule has 40 heavy (non-hydrogen) atoms. The maximum atomic E-state index is 13.6. The van der Waals surface area contributed by atoms with Gasteiger partial charge in [0.1, 0.15) is 17.5 Å². The molecule has 5 rings (SSSR count). The monoisotopic (exact) mass is 549 g/mol. The van der Waals surface area contributed by atoms with Crippen molar-refractivity contribution in [2.24, 2.45) is 10.1 Å². The Labute approximate surface area is 232 Å². The van der Waals surface area contributed by atoms with Gasteiger partial charge in [-0.05, 0) is 87.1 Å².